The molecule has 24 heavy (non-hydrogen) atoms. The van der Waals surface area contributed by atoms with Gasteiger partial charge in [-0.05, 0) is 24.6 Å². The molecule has 1 rings (SSSR count). The Bertz CT molecular complexity index is 671. The normalized spacial score (nSPS) is 11.0. The van der Waals surface area contributed by atoms with E-state index < -0.39 is 24.2 Å². The number of Topliss-reactive ketones (excluding diaryl/α,β-unsaturated/α-hetero) is 1. The molecule has 0 aliphatic rings. The molecule has 0 spiro atoms. The molecule has 0 bridgehead atoms. The number of carbonyl (C=O) groups is 2. The van der Waals surface area contributed by atoms with E-state index in [1.807, 2.05) is 0 Å². The lowest BCUT2D eigenvalue weighted by atomic mass is 10.1. The first-order valence-corrected chi connectivity index (χ1v) is 7.06. The monoisotopic (exact) mass is 355 g/mol. The second-order valence-corrected chi connectivity index (χ2v) is 4.92. The number of carbonyl (C=O) groups excluding carboxylic acids is 2. The van der Waals surface area contributed by atoms with Gasteiger partial charge in [-0.2, -0.15) is 0 Å². The molecule has 0 aliphatic heterocycles. The molecule has 0 heterocycles. The van der Waals surface area contributed by atoms with Gasteiger partial charge in [-0.1, -0.05) is 26.0 Å². The fourth-order valence-corrected chi connectivity index (χ4v) is 2.00. The number of allylic oxidation sites excluding steroid dienone is 1. The largest absolute Gasteiger partial charge is 0.497 e. The Balaban J connectivity index is 0.00000529. The summed E-state index contributed by atoms with van der Waals surface area (Å²) in [6, 6.07) is 4.52. The van der Waals surface area contributed by atoms with Gasteiger partial charge in [0, 0.05) is 11.3 Å². The number of ether oxygens (including phenoxy) is 2. The third-order valence-corrected chi connectivity index (χ3v) is 3.30. The Kier molecular flexibility index (Phi) is 8.55. The highest BCUT2D eigenvalue weighted by Gasteiger charge is 2.20. The van der Waals surface area contributed by atoms with Gasteiger partial charge in [0.1, 0.15) is 17.2 Å². The van der Waals surface area contributed by atoms with Crippen molar-refractivity contribution in [1.82, 2.24) is 0 Å². The van der Waals surface area contributed by atoms with E-state index in [1.165, 1.54) is 19.2 Å². The number of benzene rings is 1. The molecule has 0 fully saturated rings. The molecule has 0 saturated carbocycles. The van der Waals surface area contributed by atoms with Crippen molar-refractivity contribution in [3.05, 3.63) is 40.1 Å². The first-order chi connectivity index (χ1) is 10.8. The molecule has 0 unspecified atom stereocenters. The number of ketones is 1. The van der Waals surface area contributed by atoms with Crippen LogP contribution in [0.1, 0.15) is 31.1 Å². The van der Waals surface area contributed by atoms with Crippen molar-refractivity contribution in [2.75, 3.05) is 13.7 Å². The van der Waals surface area contributed by atoms with Crippen LogP contribution in [-0.2, 0) is 9.53 Å². The summed E-state index contributed by atoms with van der Waals surface area (Å²) in [7, 11) is 1.47. The van der Waals surface area contributed by atoms with Crippen LogP contribution < -0.4 is 16.2 Å². The summed E-state index contributed by atoms with van der Waals surface area (Å²) in [5, 5.41) is 7.54. The molecule has 0 radical (unpaired) electrons. The SMILES string of the molecule is C.CCC(N)=C(C(=N)N)C(=O)OCC(=O)c1ccc(OC)cc1Cl. The zero-order valence-corrected chi connectivity index (χ0v) is 13.6. The Hall–Kier alpha value is -2.54. The van der Waals surface area contributed by atoms with Gasteiger partial charge in [0.15, 0.2) is 6.61 Å². The third kappa shape index (κ3) is 5.27. The molecular weight excluding hydrogens is 334 g/mol. The molecule has 1 aromatic rings. The van der Waals surface area contributed by atoms with Gasteiger partial charge in [-0.15, -0.1) is 0 Å². The van der Waals surface area contributed by atoms with Crippen LogP contribution in [0.4, 0.5) is 0 Å². The average molecular weight is 356 g/mol. The smallest absolute Gasteiger partial charge is 0.344 e. The summed E-state index contributed by atoms with van der Waals surface area (Å²) in [5.74, 6) is -1.43. The number of methoxy groups -OCH3 is 1. The number of nitrogens with two attached hydrogens (primary N) is 2. The summed E-state index contributed by atoms with van der Waals surface area (Å²) in [6.45, 7) is 1.16. The van der Waals surface area contributed by atoms with Crippen LogP contribution in [0.5, 0.6) is 5.75 Å². The van der Waals surface area contributed by atoms with Crippen molar-refractivity contribution in [2.45, 2.75) is 20.8 Å². The lowest BCUT2D eigenvalue weighted by Gasteiger charge is -2.10. The number of hydrogen-bond acceptors (Lipinski definition) is 6. The van der Waals surface area contributed by atoms with Crippen LogP contribution in [-0.4, -0.2) is 31.3 Å². The second-order valence-electron chi connectivity index (χ2n) is 4.51. The van der Waals surface area contributed by atoms with Crippen molar-refractivity contribution >= 4 is 29.2 Å². The van der Waals surface area contributed by atoms with Crippen molar-refractivity contribution in [3.8, 4) is 5.75 Å². The van der Waals surface area contributed by atoms with Crippen molar-refractivity contribution in [2.24, 2.45) is 11.5 Å². The molecule has 0 aliphatic carbocycles. The molecule has 5 N–H and O–H groups in total. The first-order valence-electron chi connectivity index (χ1n) is 6.68. The predicted octanol–water partition coefficient (Wildman–Crippen LogP) is 2.27. The number of esters is 1. The topological polar surface area (TPSA) is 128 Å². The van der Waals surface area contributed by atoms with E-state index in [1.54, 1.807) is 13.0 Å². The second kappa shape index (κ2) is 9.57. The number of nitrogens with one attached hydrogen (secondary N) is 1. The van der Waals surface area contributed by atoms with Gasteiger partial charge in [0.2, 0.25) is 5.78 Å². The van der Waals surface area contributed by atoms with Crippen LogP contribution in [0.3, 0.4) is 0 Å². The fourth-order valence-electron chi connectivity index (χ4n) is 1.72. The maximum atomic E-state index is 12.1. The minimum Gasteiger partial charge on any atom is -0.497 e. The van der Waals surface area contributed by atoms with Gasteiger partial charge >= 0.3 is 5.97 Å². The molecule has 7 nitrogen and oxygen atoms in total. The average Bonchev–Trinajstić information content (AvgIpc) is 2.51. The van der Waals surface area contributed by atoms with Gasteiger partial charge in [-0.25, -0.2) is 4.79 Å². The zero-order chi connectivity index (χ0) is 17.6. The Morgan fingerprint density at radius 2 is 1.92 bits per heavy atom. The highest BCUT2D eigenvalue weighted by atomic mass is 35.5. The van der Waals surface area contributed by atoms with Crippen LogP contribution in [0.2, 0.25) is 5.02 Å². The quantitative estimate of drug-likeness (QED) is 0.226. The standard InChI is InChI=1S/C15H18ClN3O4.CH4/c1-3-11(17)13(14(18)19)15(21)23-7-12(20)9-5-4-8(22-2)6-10(9)16;/h4-6H,3,7,17H2,1-2H3,(H3,18,19);1H4. The van der Waals surface area contributed by atoms with Gasteiger partial charge in [-0.3, -0.25) is 10.2 Å². The number of halogens is 1. The maximum Gasteiger partial charge on any atom is 0.344 e. The molecule has 0 aromatic heterocycles. The maximum absolute atomic E-state index is 12.1. The third-order valence-electron chi connectivity index (χ3n) is 2.99. The number of rotatable bonds is 7. The minimum absolute atomic E-state index is 0. The molecule has 8 heteroatoms. The summed E-state index contributed by atoms with van der Waals surface area (Å²) in [4.78, 5) is 24.0. The molecule has 0 saturated heterocycles. The highest BCUT2D eigenvalue weighted by molar-refractivity contribution is 6.34. The Morgan fingerprint density at radius 3 is 2.38 bits per heavy atom. The first kappa shape index (κ1) is 21.5. The van der Waals surface area contributed by atoms with E-state index in [4.69, 9.17) is 38.0 Å². The molecule has 0 atom stereocenters. The Labute approximate surface area is 146 Å². The summed E-state index contributed by atoms with van der Waals surface area (Å²) in [6.07, 6.45) is 0.322. The van der Waals surface area contributed by atoms with E-state index in [0.717, 1.165) is 0 Å². The van der Waals surface area contributed by atoms with Crippen LogP contribution in [0.25, 0.3) is 0 Å². The molecular formula is C16H22ClN3O4. The van der Waals surface area contributed by atoms with E-state index in [2.05, 4.69) is 0 Å². The molecule has 132 valence electrons. The molecule has 1 aromatic carbocycles. The lowest BCUT2D eigenvalue weighted by Crippen LogP contribution is -2.27. The molecule has 0 amide bonds. The van der Waals surface area contributed by atoms with Crippen molar-refractivity contribution < 1.29 is 19.1 Å². The fraction of sp³-hybridized carbons (Fsp3) is 0.312. The lowest BCUT2D eigenvalue weighted by molar-refractivity contribution is -0.137. The van der Waals surface area contributed by atoms with Crippen molar-refractivity contribution in [3.63, 3.8) is 0 Å². The van der Waals surface area contributed by atoms with Gasteiger partial charge in [0.25, 0.3) is 0 Å². The van der Waals surface area contributed by atoms with Crippen molar-refractivity contribution in [1.29, 1.82) is 5.41 Å². The van der Waals surface area contributed by atoms with Crippen LogP contribution in [0.15, 0.2) is 29.5 Å². The summed E-state index contributed by atoms with van der Waals surface area (Å²) >= 11 is 5.98. The summed E-state index contributed by atoms with van der Waals surface area (Å²) in [5.41, 5.74) is 11.0. The van der Waals surface area contributed by atoms with E-state index in [-0.39, 0.29) is 29.3 Å². The van der Waals surface area contributed by atoms with Gasteiger partial charge < -0.3 is 20.9 Å². The van der Waals surface area contributed by atoms with E-state index >= 15 is 0 Å². The van der Waals surface area contributed by atoms with Crippen LogP contribution >= 0.6 is 11.6 Å². The van der Waals surface area contributed by atoms with E-state index in [0.29, 0.717) is 12.2 Å². The van der Waals surface area contributed by atoms with Gasteiger partial charge in [0.05, 0.1) is 12.1 Å². The predicted molar refractivity (Wildman–Crippen MR) is 93.4 cm³/mol. The number of hydrogen-bond donors (Lipinski definition) is 3. The van der Waals surface area contributed by atoms with E-state index in [9.17, 15) is 9.59 Å². The number of amidine groups is 1. The van der Waals surface area contributed by atoms with Crippen LogP contribution in [0, 0.1) is 5.41 Å². The minimum atomic E-state index is -0.921. The highest BCUT2D eigenvalue weighted by Crippen LogP contribution is 2.22. The Morgan fingerprint density at radius 1 is 1.29 bits per heavy atom. The zero-order valence-electron chi connectivity index (χ0n) is 12.8. The summed E-state index contributed by atoms with van der Waals surface area (Å²) < 4.78 is 9.87.